The Morgan fingerprint density at radius 3 is 2.79 bits per heavy atom. The third-order valence-corrected chi connectivity index (χ3v) is 2.35. The highest BCUT2D eigenvalue weighted by Gasteiger charge is 2.19. The minimum atomic E-state index is -0.0117. The van der Waals surface area contributed by atoms with Crippen molar-refractivity contribution in [1.29, 1.82) is 0 Å². The van der Waals surface area contributed by atoms with Gasteiger partial charge in [0.25, 0.3) is 0 Å². The standard InChI is InChI=1S/C12H12O2/c13-12-6-7-14-9-11(12)8-10-4-2-1-3-5-10/h1-7,11H,8-9H2. The minimum Gasteiger partial charge on any atom is -0.500 e. The van der Waals surface area contributed by atoms with Crippen molar-refractivity contribution in [3.8, 4) is 0 Å². The Labute approximate surface area is 83.2 Å². The van der Waals surface area contributed by atoms with Gasteiger partial charge in [0.2, 0.25) is 0 Å². The first-order valence-electron chi connectivity index (χ1n) is 4.72. The molecular weight excluding hydrogens is 176 g/mol. The number of ether oxygens (including phenoxy) is 1. The summed E-state index contributed by atoms with van der Waals surface area (Å²) in [5, 5.41) is 0. The van der Waals surface area contributed by atoms with Gasteiger partial charge in [-0.2, -0.15) is 0 Å². The Hall–Kier alpha value is -1.57. The Morgan fingerprint density at radius 1 is 1.29 bits per heavy atom. The van der Waals surface area contributed by atoms with Crippen LogP contribution in [0.3, 0.4) is 0 Å². The highest BCUT2D eigenvalue weighted by atomic mass is 16.5. The van der Waals surface area contributed by atoms with Crippen LogP contribution in [0, 0.1) is 5.92 Å². The number of benzene rings is 1. The summed E-state index contributed by atoms with van der Waals surface area (Å²) in [4.78, 5) is 11.4. The summed E-state index contributed by atoms with van der Waals surface area (Å²) in [5.74, 6) is 0.155. The van der Waals surface area contributed by atoms with Crippen LogP contribution < -0.4 is 0 Å². The van der Waals surface area contributed by atoms with Crippen molar-refractivity contribution in [3.63, 3.8) is 0 Å². The van der Waals surface area contributed by atoms with Crippen LogP contribution in [0.4, 0.5) is 0 Å². The van der Waals surface area contributed by atoms with Crippen LogP contribution in [-0.4, -0.2) is 12.4 Å². The Balaban J connectivity index is 2.04. The molecule has 0 saturated carbocycles. The summed E-state index contributed by atoms with van der Waals surface area (Å²) >= 11 is 0. The highest BCUT2D eigenvalue weighted by Crippen LogP contribution is 2.13. The fourth-order valence-electron chi connectivity index (χ4n) is 1.56. The summed E-state index contributed by atoms with van der Waals surface area (Å²) in [6, 6.07) is 10.0. The molecule has 2 nitrogen and oxygen atoms in total. The third-order valence-electron chi connectivity index (χ3n) is 2.35. The maximum Gasteiger partial charge on any atom is 0.165 e. The predicted molar refractivity (Wildman–Crippen MR) is 53.7 cm³/mol. The average Bonchev–Trinajstić information content (AvgIpc) is 2.23. The summed E-state index contributed by atoms with van der Waals surface area (Å²) in [5.41, 5.74) is 1.18. The quantitative estimate of drug-likeness (QED) is 0.709. The Morgan fingerprint density at radius 2 is 2.07 bits per heavy atom. The van der Waals surface area contributed by atoms with Gasteiger partial charge in [0.15, 0.2) is 5.78 Å². The largest absolute Gasteiger partial charge is 0.500 e. The first-order chi connectivity index (χ1) is 6.86. The first kappa shape index (κ1) is 9.00. The maximum atomic E-state index is 11.4. The van der Waals surface area contributed by atoms with Crippen LogP contribution in [0.15, 0.2) is 42.7 Å². The molecule has 72 valence electrons. The molecule has 1 aliphatic heterocycles. The van der Waals surface area contributed by atoms with E-state index in [0.717, 1.165) is 6.42 Å². The zero-order valence-electron chi connectivity index (χ0n) is 7.85. The number of hydrogen-bond donors (Lipinski definition) is 0. The predicted octanol–water partition coefficient (Wildman–Crippen LogP) is 1.96. The van der Waals surface area contributed by atoms with Gasteiger partial charge in [0.1, 0.15) is 0 Å². The van der Waals surface area contributed by atoms with Gasteiger partial charge in [-0.1, -0.05) is 30.3 Å². The zero-order chi connectivity index (χ0) is 9.80. The van der Waals surface area contributed by atoms with Crippen molar-refractivity contribution >= 4 is 5.78 Å². The number of ketones is 1. The van der Waals surface area contributed by atoms with Crippen molar-refractivity contribution in [2.75, 3.05) is 6.61 Å². The van der Waals surface area contributed by atoms with Gasteiger partial charge in [0, 0.05) is 6.08 Å². The van der Waals surface area contributed by atoms with Crippen LogP contribution >= 0.6 is 0 Å². The molecule has 1 atom stereocenters. The lowest BCUT2D eigenvalue weighted by Crippen LogP contribution is -2.23. The monoisotopic (exact) mass is 188 g/mol. The molecule has 0 aliphatic carbocycles. The smallest absolute Gasteiger partial charge is 0.165 e. The highest BCUT2D eigenvalue weighted by molar-refractivity contribution is 5.92. The lowest BCUT2D eigenvalue weighted by Gasteiger charge is -2.16. The molecule has 0 bridgehead atoms. The van der Waals surface area contributed by atoms with E-state index in [1.165, 1.54) is 17.9 Å². The third kappa shape index (κ3) is 2.02. The van der Waals surface area contributed by atoms with Crippen molar-refractivity contribution in [2.24, 2.45) is 5.92 Å². The molecule has 2 rings (SSSR count). The molecule has 14 heavy (non-hydrogen) atoms. The molecule has 0 amide bonds. The van der Waals surface area contributed by atoms with E-state index >= 15 is 0 Å². The SMILES string of the molecule is O=C1C=COCC1Cc1ccccc1. The van der Waals surface area contributed by atoms with Gasteiger partial charge in [-0.25, -0.2) is 0 Å². The molecule has 0 radical (unpaired) electrons. The number of carbonyl (C=O) groups excluding carboxylic acids is 1. The van der Waals surface area contributed by atoms with Crippen molar-refractivity contribution in [1.82, 2.24) is 0 Å². The van der Waals surface area contributed by atoms with Crippen LogP contribution in [0.5, 0.6) is 0 Å². The van der Waals surface area contributed by atoms with E-state index in [1.54, 1.807) is 0 Å². The molecular formula is C12H12O2. The molecule has 0 spiro atoms. The number of allylic oxidation sites excluding steroid dienone is 1. The van der Waals surface area contributed by atoms with Crippen LogP contribution in [-0.2, 0) is 16.0 Å². The molecule has 1 heterocycles. The summed E-state index contributed by atoms with van der Waals surface area (Å²) < 4.78 is 5.12. The molecule has 1 aliphatic rings. The molecule has 1 aromatic rings. The van der Waals surface area contributed by atoms with E-state index in [9.17, 15) is 4.79 Å². The maximum absolute atomic E-state index is 11.4. The molecule has 2 heteroatoms. The normalized spacial score (nSPS) is 20.6. The van der Waals surface area contributed by atoms with Gasteiger partial charge >= 0.3 is 0 Å². The van der Waals surface area contributed by atoms with Gasteiger partial charge < -0.3 is 4.74 Å². The van der Waals surface area contributed by atoms with Gasteiger partial charge in [0.05, 0.1) is 18.8 Å². The van der Waals surface area contributed by atoms with E-state index in [-0.39, 0.29) is 11.7 Å². The number of carbonyl (C=O) groups is 1. The fraction of sp³-hybridized carbons (Fsp3) is 0.250. The average molecular weight is 188 g/mol. The number of hydrogen-bond acceptors (Lipinski definition) is 2. The van der Waals surface area contributed by atoms with E-state index in [1.807, 2.05) is 30.3 Å². The van der Waals surface area contributed by atoms with Crippen LogP contribution in [0.25, 0.3) is 0 Å². The molecule has 0 aromatic heterocycles. The fourth-order valence-corrected chi connectivity index (χ4v) is 1.56. The second-order valence-electron chi connectivity index (χ2n) is 3.43. The van der Waals surface area contributed by atoms with Gasteiger partial charge in [-0.05, 0) is 12.0 Å². The Bertz CT molecular complexity index is 341. The summed E-state index contributed by atoms with van der Waals surface area (Å²) in [7, 11) is 0. The first-order valence-corrected chi connectivity index (χ1v) is 4.72. The number of rotatable bonds is 2. The van der Waals surface area contributed by atoms with Crippen LogP contribution in [0.1, 0.15) is 5.56 Å². The Kier molecular flexibility index (Phi) is 2.63. The summed E-state index contributed by atoms with van der Waals surface area (Å²) in [6.07, 6.45) is 3.75. The second-order valence-corrected chi connectivity index (χ2v) is 3.43. The van der Waals surface area contributed by atoms with E-state index < -0.39 is 0 Å². The van der Waals surface area contributed by atoms with Crippen LogP contribution in [0.2, 0.25) is 0 Å². The zero-order valence-corrected chi connectivity index (χ0v) is 7.85. The lowest BCUT2D eigenvalue weighted by atomic mass is 9.95. The van der Waals surface area contributed by atoms with Crippen molar-refractivity contribution in [3.05, 3.63) is 48.2 Å². The summed E-state index contributed by atoms with van der Waals surface area (Å²) in [6.45, 7) is 0.504. The molecule has 0 fully saturated rings. The van der Waals surface area contributed by atoms with E-state index in [4.69, 9.17) is 4.74 Å². The van der Waals surface area contributed by atoms with Gasteiger partial charge in [-0.15, -0.1) is 0 Å². The van der Waals surface area contributed by atoms with E-state index in [2.05, 4.69) is 0 Å². The molecule has 1 unspecified atom stereocenters. The van der Waals surface area contributed by atoms with Gasteiger partial charge in [-0.3, -0.25) is 4.79 Å². The lowest BCUT2D eigenvalue weighted by molar-refractivity contribution is -0.120. The second kappa shape index (κ2) is 4.09. The molecule has 0 N–H and O–H groups in total. The minimum absolute atomic E-state index is 0.0117. The molecule has 1 aromatic carbocycles. The molecule has 0 saturated heterocycles. The van der Waals surface area contributed by atoms with Crippen molar-refractivity contribution in [2.45, 2.75) is 6.42 Å². The topological polar surface area (TPSA) is 26.3 Å². The van der Waals surface area contributed by atoms with E-state index in [0.29, 0.717) is 6.61 Å². The van der Waals surface area contributed by atoms with Crippen molar-refractivity contribution < 1.29 is 9.53 Å².